The zero-order valence-electron chi connectivity index (χ0n) is 12.0. The van der Waals surface area contributed by atoms with E-state index in [9.17, 15) is 4.79 Å². The molecule has 1 aliphatic carbocycles. The summed E-state index contributed by atoms with van der Waals surface area (Å²) in [7, 11) is 0. The van der Waals surface area contributed by atoms with Gasteiger partial charge in [-0.1, -0.05) is 46.0 Å². The summed E-state index contributed by atoms with van der Waals surface area (Å²) in [5.41, 5.74) is 0. The third-order valence-electron chi connectivity index (χ3n) is 4.10. The molecule has 0 saturated heterocycles. The topological polar surface area (TPSA) is 49.3 Å². The van der Waals surface area contributed by atoms with Crippen LogP contribution < -0.4 is 5.32 Å². The Bertz CT molecular complexity index is 235. The molecule has 0 bridgehead atoms. The number of aliphatic hydroxyl groups excluding tert-OH is 1. The number of amides is 1. The van der Waals surface area contributed by atoms with Crippen molar-refractivity contribution in [3.8, 4) is 0 Å². The minimum atomic E-state index is 0.119. The number of carbonyl (C=O) groups is 1. The number of rotatable bonds is 7. The molecule has 2 N–H and O–H groups in total. The summed E-state index contributed by atoms with van der Waals surface area (Å²) >= 11 is 0. The van der Waals surface area contributed by atoms with Crippen molar-refractivity contribution in [1.82, 2.24) is 5.32 Å². The van der Waals surface area contributed by atoms with Crippen molar-refractivity contribution in [3.05, 3.63) is 0 Å². The van der Waals surface area contributed by atoms with Gasteiger partial charge in [0.15, 0.2) is 0 Å². The van der Waals surface area contributed by atoms with Crippen molar-refractivity contribution in [2.45, 2.75) is 71.3 Å². The Morgan fingerprint density at radius 1 is 1.28 bits per heavy atom. The molecule has 3 nitrogen and oxygen atoms in total. The molecule has 1 rings (SSSR count). The normalized spacial score (nSPS) is 18.9. The molecule has 1 amide bonds. The SMILES string of the molecule is CC(C)C(CCO)NC(=O)CCC1CCCCC1. The number of nitrogens with one attached hydrogen (secondary N) is 1. The van der Waals surface area contributed by atoms with E-state index < -0.39 is 0 Å². The Morgan fingerprint density at radius 3 is 2.50 bits per heavy atom. The second-order valence-corrected chi connectivity index (χ2v) is 5.97. The Balaban J connectivity index is 2.22. The summed E-state index contributed by atoms with van der Waals surface area (Å²) in [4.78, 5) is 11.9. The molecule has 0 aromatic heterocycles. The molecule has 18 heavy (non-hydrogen) atoms. The Hall–Kier alpha value is -0.570. The molecular weight excluding hydrogens is 226 g/mol. The summed E-state index contributed by atoms with van der Waals surface area (Å²) in [6.07, 6.45) is 9.00. The van der Waals surface area contributed by atoms with Crippen LogP contribution in [-0.4, -0.2) is 23.7 Å². The van der Waals surface area contributed by atoms with E-state index in [4.69, 9.17) is 5.11 Å². The maximum atomic E-state index is 11.9. The predicted molar refractivity (Wildman–Crippen MR) is 74.3 cm³/mol. The van der Waals surface area contributed by atoms with E-state index in [-0.39, 0.29) is 18.6 Å². The zero-order chi connectivity index (χ0) is 13.4. The van der Waals surface area contributed by atoms with Gasteiger partial charge in [-0.05, 0) is 24.7 Å². The molecule has 0 radical (unpaired) electrons. The average molecular weight is 255 g/mol. The third kappa shape index (κ3) is 5.85. The first-order chi connectivity index (χ1) is 8.63. The van der Waals surface area contributed by atoms with Crippen LogP contribution >= 0.6 is 0 Å². The van der Waals surface area contributed by atoms with Crippen molar-refractivity contribution in [1.29, 1.82) is 0 Å². The quantitative estimate of drug-likeness (QED) is 0.735. The molecular formula is C15H29NO2. The van der Waals surface area contributed by atoms with Crippen LogP contribution in [0.25, 0.3) is 0 Å². The van der Waals surface area contributed by atoms with E-state index in [0.29, 0.717) is 18.8 Å². The van der Waals surface area contributed by atoms with Crippen molar-refractivity contribution >= 4 is 5.91 Å². The van der Waals surface area contributed by atoms with Crippen LogP contribution in [0.5, 0.6) is 0 Å². The third-order valence-corrected chi connectivity index (χ3v) is 4.10. The first-order valence-corrected chi connectivity index (χ1v) is 7.53. The van der Waals surface area contributed by atoms with Gasteiger partial charge >= 0.3 is 0 Å². The van der Waals surface area contributed by atoms with Gasteiger partial charge in [0.2, 0.25) is 5.91 Å². The fourth-order valence-corrected chi connectivity index (χ4v) is 2.80. The van der Waals surface area contributed by atoms with E-state index >= 15 is 0 Å². The van der Waals surface area contributed by atoms with E-state index in [2.05, 4.69) is 19.2 Å². The van der Waals surface area contributed by atoms with Crippen molar-refractivity contribution in [2.75, 3.05) is 6.61 Å². The van der Waals surface area contributed by atoms with Crippen LogP contribution in [-0.2, 0) is 4.79 Å². The van der Waals surface area contributed by atoms with Crippen molar-refractivity contribution in [3.63, 3.8) is 0 Å². The zero-order valence-corrected chi connectivity index (χ0v) is 12.0. The highest BCUT2D eigenvalue weighted by Crippen LogP contribution is 2.27. The first-order valence-electron chi connectivity index (χ1n) is 7.53. The maximum absolute atomic E-state index is 11.9. The van der Waals surface area contributed by atoms with E-state index in [1.165, 1.54) is 32.1 Å². The van der Waals surface area contributed by atoms with Gasteiger partial charge in [-0.3, -0.25) is 4.79 Å². The van der Waals surface area contributed by atoms with Crippen LogP contribution in [0.1, 0.15) is 65.2 Å². The summed E-state index contributed by atoms with van der Waals surface area (Å²) < 4.78 is 0. The molecule has 1 fully saturated rings. The first kappa shape index (κ1) is 15.5. The summed E-state index contributed by atoms with van der Waals surface area (Å²) in [6.45, 7) is 4.31. The number of hydrogen-bond acceptors (Lipinski definition) is 2. The second kappa shape index (κ2) is 8.52. The van der Waals surface area contributed by atoms with Gasteiger partial charge < -0.3 is 10.4 Å². The fourth-order valence-electron chi connectivity index (χ4n) is 2.80. The molecule has 0 heterocycles. The van der Waals surface area contributed by atoms with Crippen LogP contribution in [0, 0.1) is 11.8 Å². The van der Waals surface area contributed by atoms with Crippen LogP contribution in [0.2, 0.25) is 0 Å². The van der Waals surface area contributed by atoms with Gasteiger partial charge in [0.1, 0.15) is 0 Å². The van der Waals surface area contributed by atoms with Gasteiger partial charge in [-0.15, -0.1) is 0 Å². The van der Waals surface area contributed by atoms with Crippen LogP contribution in [0.15, 0.2) is 0 Å². The number of aliphatic hydroxyl groups is 1. The lowest BCUT2D eigenvalue weighted by Gasteiger charge is -2.24. The second-order valence-electron chi connectivity index (χ2n) is 5.97. The van der Waals surface area contributed by atoms with Crippen LogP contribution in [0.3, 0.4) is 0 Å². The highest BCUT2D eigenvalue weighted by molar-refractivity contribution is 5.76. The minimum Gasteiger partial charge on any atom is -0.396 e. The average Bonchev–Trinajstić information content (AvgIpc) is 2.37. The van der Waals surface area contributed by atoms with E-state index in [1.807, 2.05) is 0 Å². The minimum absolute atomic E-state index is 0.119. The van der Waals surface area contributed by atoms with Gasteiger partial charge in [-0.25, -0.2) is 0 Å². The maximum Gasteiger partial charge on any atom is 0.220 e. The Morgan fingerprint density at radius 2 is 1.94 bits per heavy atom. The molecule has 106 valence electrons. The van der Waals surface area contributed by atoms with Gasteiger partial charge in [0.05, 0.1) is 0 Å². The molecule has 0 spiro atoms. The van der Waals surface area contributed by atoms with Crippen molar-refractivity contribution in [2.24, 2.45) is 11.8 Å². The van der Waals surface area contributed by atoms with Crippen molar-refractivity contribution < 1.29 is 9.90 Å². The Labute approximate surface area is 111 Å². The monoisotopic (exact) mass is 255 g/mol. The standard InChI is InChI=1S/C15H29NO2/c1-12(2)14(10-11-17)16-15(18)9-8-13-6-4-3-5-7-13/h12-14,17H,3-11H2,1-2H3,(H,16,18). The molecule has 0 aromatic rings. The summed E-state index contributed by atoms with van der Waals surface area (Å²) in [6, 6.07) is 0.119. The largest absolute Gasteiger partial charge is 0.396 e. The predicted octanol–water partition coefficient (Wildman–Crippen LogP) is 2.87. The Kier molecular flexibility index (Phi) is 7.33. The summed E-state index contributed by atoms with van der Waals surface area (Å²) in [5, 5.41) is 12.0. The highest BCUT2D eigenvalue weighted by Gasteiger charge is 2.18. The smallest absolute Gasteiger partial charge is 0.220 e. The molecule has 1 atom stereocenters. The van der Waals surface area contributed by atoms with Gasteiger partial charge in [0.25, 0.3) is 0 Å². The van der Waals surface area contributed by atoms with Gasteiger partial charge in [-0.2, -0.15) is 0 Å². The highest BCUT2D eigenvalue weighted by atomic mass is 16.3. The number of carbonyl (C=O) groups excluding carboxylic acids is 1. The van der Waals surface area contributed by atoms with E-state index in [0.717, 1.165) is 12.3 Å². The van der Waals surface area contributed by atoms with Gasteiger partial charge in [0, 0.05) is 19.1 Å². The molecule has 0 aromatic carbocycles. The summed E-state index contributed by atoms with van der Waals surface area (Å²) in [5.74, 6) is 1.31. The lowest BCUT2D eigenvalue weighted by Crippen LogP contribution is -2.39. The molecule has 1 unspecified atom stereocenters. The molecule has 1 saturated carbocycles. The number of hydrogen-bond donors (Lipinski definition) is 2. The lowest BCUT2D eigenvalue weighted by molar-refractivity contribution is -0.122. The fraction of sp³-hybridized carbons (Fsp3) is 0.933. The van der Waals surface area contributed by atoms with E-state index in [1.54, 1.807) is 0 Å². The lowest BCUT2D eigenvalue weighted by atomic mass is 9.86. The molecule has 0 aliphatic heterocycles. The molecule has 1 aliphatic rings. The molecule has 3 heteroatoms. The van der Waals surface area contributed by atoms with Crippen LogP contribution in [0.4, 0.5) is 0 Å².